The number of thiophene rings is 1. The molecule has 0 aliphatic heterocycles. The van der Waals surface area contributed by atoms with Gasteiger partial charge in [-0.2, -0.15) is 0 Å². The van der Waals surface area contributed by atoms with Gasteiger partial charge in [-0.05, 0) is 19.4 Å². The number of hydrogen-bond donors (Lipinski definition) is 1. The number of hydrogen-bond acceptors (Lipinski definition) is 7. The molecular formula is C16H19N3O5S. The van der Waals surface area contributed by atoms with Crippen LogP contribution in [0.4, 0.5) is 5.00 Å². The van der Waals surface area contributed by atoms with Crippen molar-refractivity contribution in [2.75, 3.05) is 6.61 Å². The van der Waals surface area contributed by atoms with Crippen molar-refractivity contribution in [3.63, 3.8) is 0 Å². The number of esters is 1. The highest BCUT2D eigenvalue weighted by atomic mass is 32.1. The normalized spacial score (nSPS) is 11.2. The van der Waals surface area contributed by atoms with Crippen molar-refractivity contribution in [3.05, 3.63) is 42.9 Å². The maximum Gasteiger partial charge on any atom is 0.341 e. The summed E-state index contributed by atoms with van der Waals surface area (Å²) >= 11 is 1.30. The lowest BCUT2D eigenvalue weighted by Crippen LogP contribution is -2.38. The average Bonchev–Trinajstić information content (AvgIpc) is 3.02. The molecule has 8 nitrogen and oxygen atoms in total. The molecule has 134 valence electrons. The Labute approximate surface area is 147 Å². The molecule has 2 aromatic rings. The van der Waals surface area contributed by atoms with Gasteiger partial charge in [0.15, 0.2) is 0 Å². The number of aryl methyl sites for hydroxylation is 1. The van der Waals surface area contributed by atoms with Gasteiger partial charge >= 0.3 is 11.7 Å². The van der Waals surface area contributed by atoms with Gasteiger partial charge in [-0.3, -0.25) is 13.9 Å². The summed E-state index contributed by atoms with van der Waals surface area (Å²) in [5.74, 6) is -0.981. The largest absolute Gasteiger partial charge is 0.494 e. The Hall–Kier alpha value is -2.68. The summed E-state index contributed by atoms with van der Waals surface area (Å²) in [6.07, 6.45) is 1.88. The first-order chi connectivity index (χ1) is 11.8. The third-order valence-corrected chi connectivity index (χ3v) is 4.77. The molecule has 0 amide bonds. The molecule has 0 bridgehead atoms. The quantitative estimate of drug-likeness (QED) is 0.636. The summed E-state index contributed by atoms with van der Waals surface area (Å²) in [6.45, 7) is 3.89. The van der Waals surface area contributed by atoms with Crippen LogP contribution in [0.3, 0.4) is 0 Å². The van der Waals surface area contributed by atoms with Gasteiger partial charge in [0.05, 0.1) is 12.2 Å². The second-order valence-corrected chi connectivity index (χ2v) is 6.32. The lowest BCUT2D eigenvalue weighted by atomic mass is 10.2. The van der Waals surface area contributed by atoms with Gasteiger partial charge in [0.25, 0.3) is 5.56 Å². The van der Waals surface area contributed by atoms with Crippen LogP contribution in [0, 0.1) is 0 Å². The highest BCUT2D eigenvalue weighted by Gasteiger charge is 2.17. The van der Waals surface area contributed by atoms with Crippen molar-refractivity contribution in [2.45, 2.75) is 20.3 Å². The molecule has 2 rings (SSSR count). The SMILES string of the molecule is CCOC(=O)c1cc(CC)sc1/N=C/c1c(O)n(C)c(=O)n(C)c1=O. The lowest BCUT2D eigenvalue weighted by Gasteiger charge is -2.07. The van der Waals surface area contributed by atoms with E-state index in [1.54, 1.807) is 13.0 Å². The van der Waals surface area contributed by atoms with Gasteiger partial charge in [0.1, 0.15) is 10.6 Å². The molecule has 0 fully saturated rings. The Kier molecular flexibility index (Phi) is 5.58. The number of rotatable bonds is 5. The molecule has 0 saturated heterocycles. The Balaban J connectivity index is 2.54. The standard InChI is InChI=1S/C16H19N3O5S/c1-5-9-7-10(15(22)24-6-2)12(25-9)17-8-11-13(20)18(3)16(23)19(4)14(11)21/h7-8,20H,5-6H2,1-4H3/b17-8+. The van der Waals surface area contributed by atoms with Crippen LogP contribution in [-0.4, -0.2) is 33.0 Å². The number of aromatic hydroxyl groups is 1. The van der Waals surface area contributed by atoms with E-state index < -0.39 is 23.1 Å². The molecule has 2 aromatic heterocycles. The predicted molar refractivity (Wildman–Crippen MR) is 95.5 cm³/mol. The lowest BCUT2D eigenvalue weighted by molar-refractivity contribution is 0.0528. The number of aromatic nitrogens is 2. The van der Waals surface area contributed by atoms with Crippen LogP contribution in [-0.2, 0) is 25.3 Å². The van der Waals surface area contributed by atoms with Gasteiger partial charge in [0, 0.05) is 25.2 Å². The van der Waals surface area contributed by atoms with Crippen LogP contribution in [0.5, 0.6) is 5.88 Å². The van der Waals surface area contributed by atoms with E-state index in [1.165, 1.54) is 25.4 Å². The molecule has 2 heterocycles. The molecule has 0 atom stereocenters. The second kappa shape index (κ2) is 7.47. The summed E-state index contributed by atoms with van der Waals surface area (Å²) in [5.41, 5.74) is -1.14. The van der Waals surface area contributed by atoms with Crippen LogP contribution < -0.4 is 11.2 Å². The van der Waals surface area contributed by atoms with E-state index in [1.807, 2.05) is 6.92 Å². The van der Waals surface area contributed by atoms with Crippen LogP contribution >= 0.6 is 11.3 Å². The first-order valence-corrected chi connectivity index (χ1v) is 8.46. The summed E-state index contributed by atoms with van der Waals surface area (Å²) in [7, 11) is 2.66. The third kappa shape index (κ3) is 3.55. The smallest absolute Gasteiger partial charge is 0.341 e. The Morgan fingerprint density at radius 2 is 2.00 bits per heavy atom. The fraction of sp³-hybridized carbons (Fsp3) is 0.375. The minimum absolute atomic E-state index is 0.133. The number of nitrogens with zero attached hydrogens (tertiary/aromatic N) is 3. The zero-order valence-electron chi connectivity index (χ0n) is 14.4. The highest BCUT2D eigenvalue weighted by molar-refractivity contribution is 7.16. The maximum absolute atomic E-state index is 12.2. The zero-order chi connectivity index (χ0) is 18.7. The van der Waals surface area contributed by atoms with Crippen molar-refractivity contribution in [1.82, 2.24) is 9.13 Å². The topological polar surface area (TPSA) is 103 Å². The van der Waals surface area contributed by atoms with E-state index in [9.17, 15) is 19.5 Å². The van der Waals surface area contributed by atoms with Crippen LogP contribution in [0.15, 0.2) is 20.6 Å². The first kappa shape index (κ1) is 18.7. The van der Waals surface area contributed by atoms with E-state index in [2.05, 4.69) is 4.99 Å². The Bertz CT molecular complexity index is 952. The highest BCUT2D eigenvalue weighted by Crippen LogP contribution is 2.32. The monoisotopic (exact) mass is 365 g/mol. The number of aliphatic imine (C=N–C) groups is 1. The molecular weight excluding hydrogens is 346 g/mol. The van der Waals surface area contributed by atoms with Gasteiger partial charge < -0.3 is 9.84 Å². The van der Waals surface area contributed by atoms with Gasteiger partial charge in [-0.25, -0.2) is 14.6 Å². The van der Waals surface area contributed by atoms with E-state index >= 15 is 0 Å². The molecule has 1 N–H and O–H groups in total. The molecule has 0 spiro atoms. The second-order valence-electron chi connectivity index (χ2n) is 5.21. The van der Waals surface area contributed by atoms with E-state index in [0.717, 1.165) is 26.6 Å². The fourth-order valence-electron chi connectivity index (χ4n) is 2.15. The van der Waals surface area contributed by atoms with Crippen LogP contribution in [0.2, 0.25) is 0 Å². The van der Waals surface area contributed by atoms with E-state index in [-0.39, 0.29) is 12.2 Å². The number of carbonyl (C=O) groups excluding carboxylic acids is 1. The Morgan fingerprint density at radius 1 is 1.32 bits per heavy atom. The van der Waals surface area contributed by atoms with Crippen LogP contribution in [0.1, 0.15) is 34.6 Å². The number of ether oxygens (including phenoxy) is 1. The zero-order valence-corrected chi connectivity index (χ0v) is 15.2. The van der Waals surface area contributed by atoms with E-state index in [4.69, 9.17) is 4.74 Å². The average molecular weight is 365 g/mol. The van der Waals surface area contributed by atoms with Crippen LogP contribution in [0.25, 0.3) is 0 Å². The van der Waals surface area contributed by atoms with Crippen molar-refractivity contribution in [1.29, 1.82) is 0 Å². The third-order valence-electron chi connectivity index (χ3n) is 3.59. The van der Waals surface area contributed by atoms with Gasteiger partial charge in [-0.1, -0.05) is 6.92 Å². The molecule has 0 unspecified atom stereocenters. The number of carbonyl (C=O) groups is 1. The maximum atomic E-state index is 12.2. The van der Waals surface area contributed by atoms with Crippen molar-refractivity contribution in [3.8, 4) is 5.88 Å². The minimum atomic E-state index is -0.672. The molecule has 0 aliphatic carbocycles. The summed E-state index contributed by atoms with van der Waals surface area (Å²) in [5, 5.41) is 10.4. The first-order valence-electron chi connectivity index (χ1n) is 7.64. The summed E-state index contributed by atoms with van der Waals surface area (Å²) < 4.78 is 6.83. The molecule has 0 aromatic carbocycles. The molecule has 9 heteroatoms. The molecule has 0 saturated carbocycles. The minimum Gasteiger partial charge on any atom is -0.494 e. The fourth-order valence-corrected chi connectivity index (χ4v) is 3.08. The van der Waals surface area contributed by atoms with Gasteiger partial charge in [-0.15, -0.1) is 11.3 Å². The van der Waals surface area contributed by atoms with Gasteiger partial charge in [0.2, 0.25) is 5.88 Å². The predicted octanol–water partition coefficient (Wildman–Crippen LogP) is 1.34. The molecule has 0 aliphatic rings. The molecule has 25 heavy (non-hydrogen) atoms. The summed E-state index contributed by atoms with van der Waals surface area (Å²) in [6, 6.07) is 1.70. The van der Waals surface area contributed by atoms with Crippen molar-refractivity contribution >= 4 is 28.5 Å². The molecule has 0 radical (unpaired) electrons. The van der Waals surface area contributed by atoms with E-state index in [0.29, 0.717) is 10.6 Å². The summed E-state index contributed by atoms with van der Waals surface area (Å²) in [4.78, 5) is 41.1. The Morgan fingerprint density at radius 3 is 2.60 bits per heavy atom. The van der Waals surface area contributed by atoms with Crippen molar-refractivity contribution in [2.24, 2.45) is 19.1 Å². The van der Waals surface area contributed by atoms with Crippen molar-refractivity contribution < 1.29 is 14.6 Å².